The number of para-hydroxylation sites is 1. The lowest BCUT2D eigenvalue weighted by atomic mass is 9.81. The lowest BCUT2D eigenvalue weighted by Gasteiger charge is -2.42. The van der Waals surface area contributed by atoms with Crippen LogP contribution in [0.4, 0.5) is 5.69 Å². The monoisotopic (exact) mass is 599 g/mol. The van der Waals surface area contributed by atoms with E-state index in [4.69, 9.17) is 20.4 Å². The number of nitrogens with zero attached hydrogens (tertiary/aromatic N) is 4. The molecule has 2 unspecified atom stereocenters. The molecule has 0 bridgehead atoms. The van der Waals surface area contributed by atoms with Crippen molar-refractivity contribution < 1.29 is 4.74 Å². The van der Waals surface area contributed by atoms with Gasteiger partial charge in [0.15, 0.2) is 5.96 Å². The van der Waals surface area contributed by atoms with Crippen molar-refractivity contribution in [3.05, 3.63) is 70.5 Å². The first kappa shape index (κ1) is 30.2. The molecule has 0 saturated heterocycles. The molecule has 2 fully saturated rings. The van der Waals surface area contributed by atoms with Crippen LogP contribution in [0.2, 0.25) is 0 Å². The Labute approximate surface area is 260 Å². The van der Waals surface area contributed by atoms with E-state index in [1.54, 1.807) is 0 Å². The van der Waals surface area contributed by atoms with Crippen LogP contribution in [0.25, 0.3) is 0 Å². The second-order valence-corrected chi connectivity index (χ2v) is 14.8. The number of aromatic nitrogens is 1. The summed E-state index contributed by atoms with van der Waals surface area (Å²) in [6.45, 7) is 7.43. The van der Waals surface area contributed by atoms with E-state index in [1.165, 1.54) is 92.6 Å². The molecule has 0 radical (unpaired) electrons. The van der Waals surface area contributed by atoms with E-state index in [2.05, 4.69) is 35.8 Å². The van der Waals surface area contributed by atoms with E-state index in [0.29, 0.717) is 24.0 Å². The third-order valence-corrected chi connectivity index (χ3v) is 11.1. The van der Waals surface area contributed by atoms with Crippen LogP contribution < -0.4 is 10.5 Å². The first-order valence-corrected chi connectivity index (χ1v) is 17.8. The minimum Gasteiger partial charge on any atom is -0.457 e. The highest BCUT2D eigenvalue weighted by molar-refractivity contribution is 7.31. The van der Waals surface area contributed by atoms with Crippen LogP contribution >= 0.6 is 8.19 Å². The van der Waals surface area contributed by atoms with Crippen molar-refractivity contribution in [3.8, 4) is 11.5 Å². The van der Waals surface area contributed by atoms with E-state index >= 15 is 0 Å². The maximum atomic E-state index is 6.76. The number of fused-ring (bicyclic) bond motifs is 1. The molecular weight excluding hydrogens is 549 g/mol. The Balaban J connectivity index is 1.18. The quantitative estimate of drug-likeness (QED) is 0.239. The van der Waals surface area contributed by atoms with Crippen LogP contribution in [-0.2, 0) is 13.1 Å². The van der Waals surface area contributed by atoms with Crippen molar-refractivity contribution in [3.63, 3.8) is 0 Å². The smallest absolute Gasteiger partial charge is 0.197 e. The molecule has 1 aromatic heterocycles. The van der Waals surface area contributed by atoms with Crippen LogP contribution in [0, 0.1) is 19.8 Å². The Hall–Kier alpha value is -2.82. The average Bonchev–Trinajstić information content (AvgIpc) is 3.36. The lowest BCUT2D eigenvalue weighted by Crippen LogP contribution is -2.49. The fourth-order valence-corrected chi connectivity index (χ4v) is 8.75. The van der Waals surface area contributed by atoms with Crippen molar-refractivity contribution in [2.45, 2.75) is 116 Å². The topological polar surface area (TPSA) is 67.0 Å². The van der Waals surface area contributed by atoms with Crippen molar-refractivity contribution in [1.29, 1.82) is 0 Å². The Morgan fingerprint density at radius 1 is 0.953 bits per heavy atom. The fourth-order valence-electron chi connectivity index (χ4n) is 7.73. The molecule has 7 heteroatoms. The number of nitrogens with two attached hydrogens (primary N) is 1. The molecular formula is C36H50N5OP. The summed E-state index contributed by atoms with van der Waals surface area (Å²) in [5.41, 5.74) is 11.6. The standard InChI is InChI=1S/C36H50N5OP/c1-26-34(38-27(2)43-26)25-40(30-15-8-4-9-16-30)22-12-19-35(28-13-6-3-7-14-28)41-24-29-23-32(20-21-33(29)39-36(41)37)42-31-17-10-5-11-18-31/h5,10-11,17-18,20-21,23,28,30,35,43H,3-4,6-9,12-16,19,22,24-25H2,1-2H3,(H2,37,39). The molecule has 230 valence electrons. The van der Waals surface area contributed by atoms with Gasteiger partial charge in [-0.3, -0.25) is 9.88 Å². The van der Waals surface area contributed by atoms with Gasteiger partial charge < -0.3 is 15.4 Å². The van der Waals surface area contributed by atoms with Crippen molar-refractivity contribution >= 4 is 19.8 Å². The Morgan fingerprint density at radius 3 is 2.42 bits per heavy atom. The predicted octanol–water partition coefficient (Wildman–Crippen LogP) is 8.85. The summed E-state index contributed by atoms with van der Waals surface area (Å²) in [4.78, 5) is 15.1. The number of hydrogen-bond donors (Lipinski definition) is 1. The summed E-state index contributed by atoms with van der Waals surface area (Å²) in [6.07, 6.45) is 15.7. The van der Waals surface area contributed by atoms with Gasteiger partial charge in [-0.25, -0.2) is 4.99 Å². The molecule has 3 aromatic rings. The molecule has 2 saturated carbocycles. The van der Waals surface area contributed by atoms with Crippen molar-refractivity contribution in [2.75, 3.05) is 6.54 Å². The Kier molecular flexibility index (Phi) is 10.1. The van der Waals surface area contributed by atoms with Gasteiger partial charge in [-0.1, -0.05) is 56.7 Å². The molecule has 2 atom stereocenters. The molecule has 43 heavy (non-hydrogen) atoms. The molecule has 3 aliphatic rings. The van der Waals surface area contributed by atoms with Gasteiger partial charge in [0, 0.05) is 30.7 Å². The SMILES string of the molecule is Cc1nc(CN(CCCC(C2CCCCC2)N2Cc3cc(Oc4ccccc4)ccc3N=C2N)C2CCCCC2)c(C)[pH]1. The van der Waals surface area contributed by atoms with E-state index in [0.717, 1.165) is 51.4 Å². The van der Waals surface area contributed by atoms with Gasteiger partial charge in [-0.05, 0) is 100 Å². The van der Waals surface area contributed by atoms with Gasteiger partial charge in [0.2, 0.25) is 0 Å². The highest BCUT2D eigenvalue weighted by Crippen LogP contribution is 2.37. The van der Waals surface area contributed by atoms with E-state index in [9.17, 15) is 0 Å². The van der Waals surface area contributed by atoms with E-state index in [-0.39, 0.29) is 0 Å². The molecule has 6 rings (SSSR count). The molecule has 0 amide bonds. The van der Waals surface area contributed by atoms with Crippen LogP contribution in [-0.4, -0.2) is 39.4 Å². The number of guanidine groups is 1. The Morgan fingerprint density at radius 2 is 1.70 bits per heavy atom. The van der Waals surface area contributed by atoms with Gasteiger partial charge >= 0.3 is 0 Å². The van der Waals surface area contributed by atoms with E-state index < -0.39 is 0 Å². The zero-order chi connectivity index (χ0) is 29.6. The first-order valence-electron chi connectivity index (χ1n) is 16.8. The highest BCUT2D eigenvalue weighted by atomic mass is 31.0. The number of aliphatic imine (C=N–C) groups is 1. The van der Waals surface area contributed by atoms with Crippen LogP contribution in [0.5, 0.6) is 11.5 Å². The van der Waals surface area contributed by atoms with Gasteiger partial charge in [0.25, 0.3) is 0 Å². The summed E-state index contributed by atoms with van der Waals surface area (Å²) in [6, 6.07) is 17.3. The van der Waals surface area contributed by atoms with Gasteiger partial charge in [0.05, 0.1) is 16.8 Å². The molecule has 2 heterocycles. The van der Waals surface area contributed by atoms with Gasteiger partial charge in [-0.2, -0.15) is 0 Å². The molecule has 2 N–H and O–H groups in total. The minimum absolute atomic E-state index is 0.415. The van der Waals surface area contributed by atoms with Crippen molar-refractivity contribution in [1.82, 2.24) is 14.8 Å². The van der Waals surface area contributed by atoms with Crippen LogP contribution in [0.1, 0.15) is 99.0 Å². The van der Waals surface area contributed by atoms with E-state index in [1.807, 2.05) is 36.4 Å². The number of ether oxygens (including phenoxy) is 1. The maximum absolute atomic E-state index is 6.76. The summed E-state index contributed by atoms with van der Waals surface area (Å²) in [5.74, 6) is 3.06. The molecule has 2 aromatic carbocycles. The number of aryl methyl sites for hydroxylation is 2. The number of benzene rings is 2. The third-order valence-electron chi connectivity index (χ3n) is 9.99. The first-order chi connectivity index (χ1) is 21.0. The maximum Gasteiger partial charge on any atom is 0.197 e. The zero-order valence-corrected chi connectivity index (χ0v) is 27.2. The molecule has 6 nitrogen and oxygen atoms in total. The van der Waals surface area contributed by atoms with Gasteiger partial charge in [0.1, 0.15) is 11.5 Å². The Bertz CT molecular complexity index is 1360. The molecule has 2 aliphatic carbocycles. The van der Waals surface area contributed by atoms with Crippen LogP contribution in [0.15, 0.2) is 53.5 Å². The number of rotatable bonds is 11. The minimum atomic E-state index is 0.415. The summed E-state index contributed by atoms with van der Waals surface area (Å²) < 4.78 is 6.18. The van der Waals surface area contributed by atoms with Crippen LogP contribution in [0.3, 0.4) is 0 Å². The summed E-state index contributed by atoms with van der Waals surface area (Å²) in [5, 5.41) is 1.49. The summed E-state index contributed by atoms with van der Waals surface area (Å²) in [7, 11) is 0.782. The largest absolute Gasteiger partial charge is 0.457 e. The molecule has 0 spiro atoms. The zero-order valence-electron chi connectivity index (χ0n) is 26.2. The fraction of sp³-hybridized carbons (Fsp3) is 0.556. The van der Waals surface area contributed by atoms with Gasteiger partial charge in [-0.15, -0.1) is 8.19 Å². The normalized spacial score (nSPS) is 19.0. The number of hydrogen-bond acceptors (Lipinski definition) is 6. The molecule has 1 aliphatic heterocycles. The third kappa shape index (κ3) is 7.64. The summed E-state index contributed by atoms with van der Waals surface area (Å²) >= 11 is 0. The highest BCUT2D eigenvalue weighted by Gasteiger charge is 2.33. The lowest BCUT2D eigenvalue weighted by molar-refractivity contribution is 0.125. The van der Waals surface area contributed by atoms with Crippen molar-refractivity contribution in [2.24, 2.45) is 16.6 Å². The second-order valence-electron chi connectivity index (χ2n) is 13.1. The average molecular weight is 600 g/mol. The second kappa shape index (κ2) is 14.3. The predicted molar refractivity (Wildman–Crippen MR) is 180 cm³/mol.